The third kappa shape index (κ3) is 3.22. The van der Waals surface area contributed by atoms with E-state index >= 15 is 0 Å². The van der Waals surface area contributed by atoms with Gasteiger partial charge in [-0.25, -0.2) is 4.39 Å². The minimum Gasteiger partial charge on any atom is -0.360 e. The average molecular weight is 405 g/mol. The number of carbonyl (C=O) groups excluding carboxylic acids is 1. The van der Waals surface area contributed by atoms with Crippen molar-refractivity contribution in [3.8, 4) is 11.3 Å². The van der Waals surface area contributed by atoms with Gasteiger partial charge in [0.25, 0.3) is 5.91 Å². The van der Waals surface area contributed by atoms with Crippen molar-refractivity contribution >= 4 is 29.1 Å². The summed E-state index contributed by atoms with van der Waals surface area (Å²) in [6.45, 7) is 1.61. The van der Waals surface area contributed by atoms with E-state index in [0.717, 1.165) is 24.0 Å². The molecule has 4 nitrogen and oxygen atoms in total. The quantitative estimate of drug-likeness (QED) is 0.625. The fourth-order valence-electron chi connectivity index (χ4n) is 3.50. The van der Waals surface area contributed by atoms with Crippen molar-refractivity contribution in [1.82, 2.24) is 10.5 Å². The van der Waals surface area contributed by atoms with Gasteiger partial charge in [-0.15, -0.1) is 0 Å². The van der Waals surface area contributed by atoms with Crippen molar-refractivity contribution in [2.24, 2.45) is 0 Å². The monoisotopic (exact) mass is 404 g/mol. The molecule has 4 rings (SSSR count). The number of fused-ring (bicyclic) bond motifs is 1. The number of nitrogens with zero attached hydrogens (tertiary/aromatic N) is 1. The van der Waals surface area contributed by atoms with Crippen molar-refractivity contribution in [2.75, 3.05) is 0 Å². The normalized spacial score (nSPS) is 15.6. The first-order chi connectivity index (χ1) is 13.0. The van der Waals surface area contributed by atoms with Gasteiger partial charge >= 0.3 is 0 Å². The first-order valence-corrected chi connectivity index (χ1v) is 9.21. The molecule has 1 amide bonds. The maximum Gasteiger partial charge on any atom is 0.257 e. The number of rotatable bonds is 3. The number of carbonyl (C=O) groups is 1. The van der Waals surface area contributed by atoms with Gasteiger partial charge in [-0.3, -0.25) is 4.79 Å². The molecule has 0 aliphatic heterocycles. The zero-order valence-electron chi connectivity index (χ0n) is 14.4. The van der Waals surface area contributed by atoms with Crippen LogP contribution in [0.4, 0.5) is 4.39 Å². The predicted molar refractivity (Wildman–Crippen MR) is 102 cm³/mol. The Bertz CT molecular complexity index is 1030. The van der Waals surface area contributed by atoms with Crippen molar-refractivity contribution < 1.29 is 13.7 Å². The Morgan fingerprint density at radius 2 is 2.11 bits per heavy atom. The van der Waals surface area contributed by atoms with Crippen molar-refractivity contribution in [2.45, 2.75) is 25.8 Å². The maximum absolute atomic E-state index is 14.3. The summed E-state index contributed by atoms with van der Waals surface area (Å²) in [6, 6.07) is 9.80. The highest BCUT2D eigenvalue weighted by molar-refractivity contribution is 6.33. The Balaban J connectivity index is 1.68. The highest BCUT2D eigenvalue weighted by Gasteiger charge is 2.29. The summed E-state index contributed by atoms with van der Waals surface area (Å²) in [5.41, 5.74) is 2.49. The lowest BCUT2D eigenvalue weighted by molar-refractivity contribution is 0.0935. The molecule has 0 bridgehead atoms. The molecular formula is C20H15Cl2FN2O2. The predicted octanol–water partition coefficient (Wildman–Crippen LogP) is 5.51. The lowest BCUT2D eigenvalue weighted by atomic mass is 10.0. The molecule has 1 atom stereocenters. The molecule has 1 N–H and O–H groups in total. The number of aromatic nitrogens is 1. The summed E-state index contributed by atoms with van der Waals surface area (Å²) in [4.78, 5) is 13.0. The smallest absolute Gasteiger partial charge is 0.257 e. The molecular weight excluding hydrogens is 390 g/mol. The van der Waals surface area contributed by atoms with E-state index in [1.165, 1.54) is 12.1 Å². The van der Waals surface area contributed by atoms with Crippen LogP contribution in [0.1, 0.15) is 39.7 Å². The topological polar surface area (TPSA) is 55.1 Å². The molecule has 1 aliphatic carbocycles. The van der Waals surface area contributed by atoms with E-state index in [0.29, 0.717) is 10.8 Å². The van der Waals surface area contributed by atoms with Gasteiger partial charge in [0.15, 0.2) is 0 Å². The standard InChI is InChI=1S/C20H15Cl2FN2O2/c1-10-17(19(25-27-10)18-14(22)3-2-4-15(18)23)20(26)24-16-8-5-11-9-12(21)6-7-13(11)16/h2-4,6-7,9,16H,5,8H2,1H3,(H,24,26). The Labute approximate surface area is 165 Å². The van der Waals surface area contributed by atoms with Crippen LogP contribution in [0.25, 0.3) is 11.3 Å². The van der Waals surface area contributed by atoms with Gasteiger partial charge in [0.05, 0.1) is 16.6 Å². The Morgan fingerprint density at radius 3 is 2.89 bits per heavy atom. The number of amides is 1. The van der Waals surface area contributed by atoms with E-state index in [2.05, 4.69) is 10.5 Å². The molecule has 0 saturated heterocycles. The number of hydrogen-bond donors (Lipinski definition) is 1. The average Bonchev–Trinajstić information content (AvgIpc) is 3.18. The number of halogens is 3. The number of hydrogen-bond acceptors (Lipinski definition) is 3. The fourth-order valence-corrected chi connectivity index (χ4v) is 3.95. The largest absolute Gasteiger partial charge is 0.360 e. The van der Waals surface area contributed by atoms with Crippen molar-refractivity contribution in [3.63, 3.8) is 0 Å². The molecule has 0 fully saturated rings. The van der Waals surface area contributed by atoms with Crippen LogP contribution in [0, 0.1) is 12.7 Å². The first-order valence-electron chi connectivity index (χ1n) is 8.45. The van der Waals surface area contributed by atoms with Crippen LogP contribution in [0.2, 0.25) is 10.0 Å². The van der Waals surface area contributed by atoms with Gasteiger partial charge in [0.1, 0.15) is 22.8 Å². The van der Waals surface area contributed by atoms with Crippen LogP contribution in [0.5, 0.6) is 0 Å². The molecule has 1 aromatic heterocycles. The highest BCUT2D eigenvalue weighted by atomic mass is 35.5. The minimum atomic E-state index is -0.564. The second-order valence-corrected chi connectivity index (χ2v) is 7.31. The lowest BCUT2D eigenvalue weighted by Gasteiger charge is -2.14. The molecule has 2 aromatic carbocycles. The summed E-state index contributed by atoms with van der Waals surface area (Å²) in [7, 11) is 0. The van der Waals surface area contributed by atoms with E-state index in [4.69, 9.17) is 27.7 Å². The minimum absolute atomic E-state index is 0.0553. The van der Waals surface area contributed by atoms with Gasteiger partial charge in [0, 0.05) is 5.02 Å². The second-order valence-electron chi connectivity index (χ2n) is 6.47. The molecule has 1 aliphatic rings. The Kier molecular flexibility index (Phi) is 4.66. The highest BCUT2D eigenvalue weighted by Crippen LogP contribution is 2.36. The van der Waals surface area contributed by atoms with Gasteiger partial charge in [0.2, 0.25) is 0 Å². The summed E-state index contributed by atoms with van der Waals surface area (Å²) in [6.07, 6.45) is 1.59. The van der Waals surface area contributed by atoms with Crippen LogP contribution >= 0.6 is 23.2 Å². The van der Waals surface area contributed by atoms with Crippen LogP contribution in [-0.4, -0.2) is 11.1 Å². The summed E-state index contributed by atoms with van der Waals surface area (Å²) in [5, 5.41) is 7.72. The van der Waals surface area contributed by atoms with E-state index in [9.17, 15) is 9.18 Å². The molecule has 0 radical (unpaired) electrons. The van der Waals surface area contributed by atoms with Crippen molar-refractivity contribution in [1.29, 1.82) is 0 Å². The molecule has 0 saturated carbocycles. The number of nitrogens with one attached hydrogen (secondary N) is 1. The molecule has 7 heteroatoms. The zero-order valence-corrected chi connectivity index (χ0v) is 15.9. The molecule has 3 aromatic rings. The van der Waals surface area contributed by atoms with E-state index in [-0.39, 0.29) is 33.8 Å². The SMILES string of the molecule is Cc1onc(-c2c(F)cccc2Cl)c1C(=O)NC1CCc2cc(Cl)ccc21. The molecule has 138 valence electrons. The molecule has 1 unspecified atom stereocenters. The lowest BCUT2D eigenvalue weighted by Crippen LogP contribution is -2.27. The van der Waals surface area contributed by atoms with E-state index in [1.807, 2.05) is 12.1 Å². The van der Waals surface area contributed by atoms with Crippen LogP contribution in [0.15, 0.2) is 40.9 Å². The van der Waals surface area contributed by atoms with Crippen molar-refractivity contribution in [3.05, 3.63) is 74.7 Å². The number of aryl methyl sites for hydroxylation is 2. The van der Waals surface area contributed by atoms with E-state index < -0.39 is 5.82 Å². The first kappa shape index (κ1) is 18.0. The van der Waals surface area contributed by atoms with Crippen LogP contribution in [-0.2, 0) is 6.42 Å². The third-order valence-electron chi connectivity index (χ3n) is 4.78. The molecule has 27 heavy (non-hydrogen) atoms. The summed E-state index contributed by atoms with van der Waals surface area (Å²) in [5.74, 6) is -0.641. The number of benzene rings is 2. The van der Waals surface area contributed by atoms with Crippen LogP contribution < -0.4 is 5.32 Å². The second kappa shape index (κ2) is 6.98. The third-order valence-corrected chi connectivity index (χ3v) is 5.33. The summed E-state index contributed by atoms with van der Waals surface area (Å²) >= 11 is 12.2. The van der Waals surface area contributed by atoms with Gasteiger partial charge in [-0.1, -0.05) is 40.5 Å². The Hall–Kier alpha value is -2.37. The summed E-state index contributed by atoms with van der Waals surface area (Å²) < 4.78 is 19.5. The zero-order chi connectivity index (χ0) is 19.1. The van der Waals surface area contributed by atoms with Gasteiger partial charge in [-0.2, -0.15) is 0 Å². The molecule has 1 heterocycles. The maximum atomic E-state index is 14.3. The van der Waals surface area contributed by atoms with Crippen LogP contribution in [0.3, 0.4) is 0 Å². The Morgan fingerprint density at radius 1 is 1.30 bits per heavy atom. The van der Waals surface area contributed by atoms with Gasteiger partial charge < -0.3 is 9.84 Å². The fraction of sp³-hybridized carbons (Fsp3) is 0.200. The molecule has 0 spiro atoms. The van der Waals surface area contributed by atoms with Gasteiger partial charge in [-0.05, 0) is 55.2 Å². The van der Waals surface area contributed by atoms with E-state index in [1.54, 1.807) is 19.1 Å².